The van der Waals surface area contributed by atoms with Gasteiger partial charge in [-0.3, -0.25) is 0 Å². The third-order valence-corrected chi connectivity index (χ3v) is 5.31. The largest absolute Gasteiger partial charge is 0.383 e. The van der Waals surface area contributed by atoms with Gasteiger partial charge in [-0.05, 0) is 34.8 Å². The van der Waals surface area contributed by atoms with Crippen molar-refractivity contribution >= 4 is 31.8 Å². The van der Waals surface area contributed by atoms with E-state index < -0.39 is 10.0 Å². The molecule has 2 heterocycles. The Hall–Kier alpha value is -0.700. The monoisotopic (exact) mass is 363 g/mol. The van der Waals surface area contributed by atoms with Crippen LogP contribution in [0.5, 0.6) is 0 Å². The zero-order valence-electron chi connectivity index (χ0n) is 11.2. The van der Waals surface area contributed by atoms with E-state index in [0.717, 1.165) is 12.8 Å². The highest BCUT2D eigenvalue weighted by atomic mass is 79.9. The number of anilines is 1. The molecule has 0 saturated carbocycles. The van der Waals surface area contributed by atoms with Crippen molar-refractivity contribution < 1.29 is 13.2 Å². The first kappa shape index (κ1) is 15.7. The molecule has 6 nitrogen and oxygen atoms in total. The zero-order valence-corrected chi connectivity index (χ0v) is 13.6. The van der Waals surface area contributed by atoms with E-state index in [9.17, 15) is 8.42 Å². The van der Waals surface area contributed by atoms with E-state index >= 15 is 0 Å². The molecule has 2 atom stereocenters. The Kier molecular flexibility index (Phi) is 5.00. The van der Waals surface area contributed by atoms with Crippen LogP contribution in [0.2, 0.25) is 0 Å². The van der Waals surface area contributed by atoms with Gasteiger partial charge in [0.15, 0.2) is 0 Å². The Morgan fingerprint density at radius 2 is 2.35 bits per heavy atom. The first-order valence-electron chi connectivity index (χ1n) is 6.46. The number of pyridine rings is 1. The Morgan fingerprint density at radius 1 is 1.60 bits per heavy atom. The molecule has 1 aliphatic heterocycles. The predicted molar refractivity (Wildman–Crippen MR) is 79.7 cm³/mol. The number of nitrogen functional groups attached to an aromatic ring is 1. The lowest BCUT2D eigenvalue weighted by molar-refractivity contribution is 0.0884. The van der Waals surface area contributed by atoms with Gasteiger partial charge in [0.05, 0.1) is 6.10 Å². The molecule has 3 N–H and O–H groups in total. The number of ether oxygens (including phenoxy) is 1. The topological polar surface area (TPSA) is 94.3 Å². The number of aromatic nitrogens is 1. The molecule has 1 aromatic heterocycles. The molecule has 1 aliphatic rings. The summed E-state index contributed by atoms with van der Waals surface area (Å²) in [5, 5.41) is 0. The van der Waals surface area contributed by atoms with Crippen molar-refractivity contribution in [3.8, 4) is 0 Å². The average molecular weight is 364 g/mol. The van der Waals surface area contributed by atoms with Crippen LogP contribution in [-0.2, 0) is 14.8 Å². The third-order valence-electron chi connectivity index (χ3n) is 3.42. The quantitative estimate of drug-likeness (QED) is 0.826. The summed E-state index contributed by atoms with van der Waals surface area (Å²) < 4.78 is 33.3. The fourth-order valence-corrected chi connectivity index (χ4v) is 4.00. The smallest absolute Gasteiger partial charge is 0.244 e. The summed E-state index contributed by atoms with van der Waals surface area (Å²) in [5.41, 5.74) is 5.64. The second kappa shape index (κ2) is 6.38. The predicted octanol–water partition coefficient (Wildman–Crippen LogP) is 1.52. The summed E-state index contributed by atoms with van der Waals surface area (Å²) in [5.74, 6) is 0.200. The van der Waals surface area contributed by atoms with Crippen molar-refractivity contribution in [1.82, 2.24) is 9.71 Å². The Morgan fingerprint density at radius 3 is 3.05 bits per heavy atom. The number of hydrogen-bond acceptors (Lipinski definition) is 5. The fourth-order valence-electron chi connectivity index (χ4n) is 2.32. The van der Waals surface area contributed by atoms with Crippen molar-refractivity contribution in [1.29, 1.82) is 0 Å². The molecule has 0 aliphatic carbocycles. The molecule has 2 rings (SSSR count). The van der Waals surface area contributed by atoms with Crippen molar-refractivity contribution in [3.05, 3.63) is 16.7 Å². The Bertz CT molecular complexity index is 579. The summed E-state index contributed by atoms with van der Waals surface area (Å²) in [4.78, 5) is 3.84. The molecule has 0 radical (unpaired) electrons. The van der Waals surface area contributed by atoms with E-state index in [0.29, 0.717) is 17.6 Å². The van der Waals surface area contributed by atoms with Crippen molar-refractivity contribution in [2.24, 2.45) is 5.92 Å². The van der Waals surface area contributed by atoms with E-state index in [1.54, 1.807) is 0 Å². The van der Waals surface area contributed by atoms with Gasteiger partial charge in [0.2, 0.25) is 10.0 Å². The van der Waals surface area contributed by atoms with Crippen LogP contribution in [0.15, 0.2) is 21.6 Å². The van der Waals surface area contributed by atoms with E-state index in [1.165, 1.54) is 12.3 Å². The lowest BCUT2D eigenvalue weighted by Gasteiger charge is -2.17. The van der Waals surface area contributed by atoms with Gasteiger partial charge >= 0.3 is 0 Å². The van der Waals surface area contributed by atoms with Gasteiger partial charge in [0, 0.05) is 29.7 Å². The van der Waals surface area contributed by atoms with Gasteiger partial charge in [0.25, 0.3) is 0 Å². The molecule has 0 spiro atoms. The maximum Gasteiger partial charge on any atom is 0.244 e. The van der Waals surface area contributed by atoms with Crippen molar-refractivity contribution in [2.75, 3.05) is 18.9 Å². The maximum absolute atomic E-state index is 12.3. The lowest BCUT2D eigenvalue weighted by atomic mass is 10.0. The molecule has 20 heavy (non-hydrogen) atoms. The summed E-state index contributed by atoms with van der Waals surface area (Å²) in [6.45, 7) is 3.08. The van der Waals surface area contributed by atoms with Gasteiger partial charge in [-0.25, -0.2) is 18.1 Å². The Labute approximate surface area is 127 Å². The van der Waals surface area contributed by atoms with E-state index in [1.807, 2.05) is 6.92 Å². The van der Waals surface area contributed by atoms with Gasteiger partial charge in [-0.1, -0.05) is 6.92 Å². The van der Waals surface area contributed by atoms with Gasteiger partial charge < -0.3 is 10.5 Å². The summed E-state index contributed by atoms with van der Waals surface area (Å²) in [6, 6.07) is 1.45. The van der Waals surface area contributed by atoms with Crippen LogP contribution in [0, 0.1) is 5.92 Å². The highest BCUT2D eigenvalue weighted by Crippen LogP contribution is 2.24. The number of sulfonamides is 1. The Balaban J connectivity index is 2.09. The summed E-state index contributed by atoms with van der Waals surface area (Å²) >= 11 is 3.20. The standard InChI is InChI=1S/C12H18BrN3O3S/c1-2-10-8(3-4-19-10)6-16-20(17,18)11-5-9(13)7-15-12(11)14/h5,7-8,10,16H,2-4,6H2,1H3,(H2,14,15). The molecule has 1 saturated heterocycles. The van der Waals surface area contributed by atoms with E-state index in [4.69, 9.17) is 10.5 Å². The first-order valence-corrected chi connectivity index (χ1v) is 8.74. The summed E-state index contributed by atoms with van der Waals surface area (Å²) in [6.07, 6.45) is 3.34. The molecule has 0 aromatic carbocycles. The van der Waals surface area contributed by atoms with Gasteiger partial charge in [-0.2, -0.15) is 0 Å². The number of rotatable bonds is 5. The number of nitrogens with zero attached hydrogens (tertiary/aromatic N) is 1. The highest BCUT2D eigenvalue weighted by Gasteiger charge is 2.28. The van der Waals surface area contributed by atoms with E-state index in [-0.39, 0.29) is 22.7 Å². The van der Waals surface area contributed by atoms with Crippen LogP contribution >= 0.6 is 15.9 Å². The van der Waals surface area contributed by atoms with Gasteiger partial charge in [0.1, 0.15) is 10.7 Å². The second-order valence-corrected chi connectivity index (χ2v) is 7.41. The minimum Gasteiger partial charge on any atom is -0.383 e. The average Bonchev–Trinajstić information content (AvgIpc) is 2.86. The van der Waals surface area contributed by atoms with E-state index in [2.05, 4.69) is 25.6 Å². The number of nitrogens with one attached hydrogen (secondary N) is 1. The minimum atomic E-state index is -3.66. The molecule has 1 aromatic rings. The highest BCUT2D eigenvalue weighted by molar-refractivity contribution is 9.10. The second-order valence-electron chi connectivity index (χ2n) is 4.76. The van der Waals surface area contributed by atoms with Crippen LogP contribution in [0.1, 0.15) is 19.8 Å². The molecule has 2 unspecified atom stereocenters. The van der Waals surface area contributed by atoms with Crippen LogP contribution in [0.25, 0.3) is 0 Å². The molecular weight excluding hydrogens is 346 g/mol. The SMILES string of the molecule is CCC1OCCC1CNS(=O)(=O)c1cc(Br)cnc1N. The third kappa shape index (κ3) is 3.49. The molecule has 0 bridgehead atoms. The summed E-state index contributed by atoms with van der Waals surface area (Å²) in [7, 11) is -3.66. The number of nitrogens with two attached hydrogens (primary N) is 1. The van der Waals surface area contributed by atoms with Crippen LogP contribution in [0.3, 0.4) is 0 Å². The molecule has 112 valence electrons. The van der Waals surface area contributed by atoms with Crippen LogP contribution in [-0.4, -0.2) is 32.7 Å². The molecule has 0 amide bonds. The lowest BCUT2D eigenvalue weighted by Crippen LogP contribution is -2.33. The zero-order chi connectivity index (χ0) is 14.8. The normalized spacial score (nSPS) is 23.1. The first-order chi connectivity index (χ1) is 9.44. The number of halogens is 1. The number of hydrogen-bond donors (Lipinski definition) is 2. The minimum absolute atomic E-state index is 0.00108. The van der Waals surface area contributed by atoms with Gasteiger partial charge in [-0.15, -0.1) is 0 Å². The van der Waals surface area contributed by atoms with Crippen LogP contribution < -0.4 is 10.5 Å². The molecular formula is C12H18BrN3O3S. The van der Waals surface area contributed by atoms with Crippen LogP contribution in [0.4, 0.5) is 5.82 Å². The maximum atomic E-state index is 12.3. The van der Waals surface area contributed by atoms with Crippen molar-refractivity contribution in [2.45, 2.75) is 30.8 Å². The molecule has 1 fully saturated rings. The van der Waals surface area contributed by atoms with Crippen molar-refractivity contribution in [3.63, 3.8) is 0 Å². The fraction of sp³-hybridized carbons (Fsp3) is 0.583. The molecule has 8 heteroatoms.